The van der Waals surface area contributed by atoms with Crippen LogP contribution in [0.15, 0.2) is 0 Å². The maximum absolute atomic E-state index is 12.4. The van der Waals surface area contributed by atoms with E-state index in [4.69, 9.17) is 5.26 Å². The van der Waals surface area contributed by atoms with Crippen LogP contribution < -0.4 is 0 Å². The summed E-state index contributed by atoms with van der Waals surface area (Å²) in [7, 11) is 0. The molecule has 0 fully saturated rings. The van der Waals surface area contributed by atoms with Crippen LogP contribution in [0.5, 0.6) is 0 Å². The molecule has 0 amide bonds. The zero-order valence-electron chi connectivity index (χ0n) is 5.37. The SMILES string of the molecule is CCn1nnc(F)c1C#N. The minimum Gasteiger partial charge on any atom is -0.232 e. The van der Waals surface area contributed by atoms with Gasteiger partial charge in [-0.2, -0.15) is 9.65 Å². The summed E-state index contributed by atoms with van der Waals surface area (Å²) in [6.45, 7) is 2.22. The van der Waals surface area contributed by atoms with Gasteiger partial charge in [0.1, 0.15) is 6.07 Å². The Morgan fingerprint density at radius 2 is 2.50 bits per heavy atom. The quantitative estimate of drug-likeness (QED) is 0.564. The van der Waals surface area contributed by atoms with Crippen molar-refractivity contribution in [2.24, 2.45) is 0 Å². The summed E-state index contributed by atoms with van der Waals surface area (Å²) in [6.07, 6.45) is 0. The van der Waals surface area contributed by atoms with Gasteiger partial charge in [0.25, 0.3) is 5.95 Å². The molecule has 4 nitrogen and oxygen atoms in total. The van der Waals surface area contributed by atoms with E-state index in [9.17, 15) is 4.39 Å². The third kappa shape index (κ3) is 0.838. The summed E-state index contributed by atoms with van der Waals surface area (Å²) in [4.78, 5) is 0. The van der Waals surface area contributed by atoms with Crippen LogP contribution in [0.25, 0.3) is 0 Å². The predicted molar refractivity (Wildman–Crippen MR) is 30.4 cm³/mol. The normalized spacial score (nSPS) is 9.30. The van der Waals surface area contributed by atoms with Crippen molar-refractivity contribution in [2.45, 2.75) is 13.5 Å². The first kappa shape index (κ1) is 6.68. The number of nitrogens with zero attached hydrogens (tertiary/aromatic N) is 4. The topological polar surface area (TPSA) is 54.5 Å². The van der Waals surface area contributed by atoms with Crippen molar-refractivity contribution in [3.8, 4) is 6.07 Å². The molecular formula is C5H5FN4. The van der Waals surface area contributed by atoms with Gasteiger partial charge < -0.3 is 0 Å². The Balaban J connectivity index is 3.17. The van der Waals surface area contributed by atoms with Gasteiger partial charge in [-0.3, -0.25) is 0 Å². The first-order chi connectivity index (χ1) is 4.79. The number of rotatable bonds is 1. The maximum Gasteiger partial charge on any atom is 0.270 e. The monoisotopic (exact) mass is 140 g/mol. The Bertz CT molecular complexity index is 272. The van der Waals surface area contributed by atoms with Gasteiger partial charge in [-0.25, -0.2) is 4.68 Å². The van der Waals surface area contributed by atoms with Crippen LogP contribution in [-0.2, 0) is 6.54 Å². The average molecular weight is 140 g/mol. The van der Waals surface area contributed by atoms with E-state index in [1.54, 1.807) is 13.0 Å². The number of nitriles is 1. The van der Waals surface area contributed by atoms with Crippen molar-refractivity contribution >= 4 is 0 Å². The van der Waals surface area contributed by atoms with E-state index >= 15 is 0 Å². The van der Waals surface area contributed by atoms with Gasteiger partial charge in [0, 0.05) is 6.54 Å². The van der Waals surface area contributed by atoms with E-state index in [2.05, 4.69) is 10.3 Å². The van der Waals surface area contributed by atoms with E-state index in [1.165, 1.54) is 4.68 Å². The Morgan fingerprint density at radius 3 is 2.90 bits per heavy atom. The van der Waals surface area contributed by atoms with E-state index in [-0.39, 0.29) is 5.69 Å². The maximum atomic E-state index is 12.4. The largest absolute Gasteiger partial charge is 0.270 e. The van der Waals surface area contributed by atoms with Crippen LogP contribution in [0, 0.1) is 17.3 Å². The van der Waals surface area contributed by atoms with Gasteiger partial charge in [0.15, 0.2) is 5.69 Å². The van der Waals surface area contributed by atoms with E-state index in [1.807, 2.05) is 0 Å². The van der Waals surface area contributed by atoms with E-state index < -0.39 is 5.95 Å². The third-order valence-electron chi connectivity index (χ3n) is 1.10. The summed E-state index contributed by atoms with van der Waals surface area (Å²) < 4.78 is 13.6. The molecule has 0 saturated heterocycles. The second-order valence-corrected chi connectivity index (χ2v) is 1.66. The summed E-state index contributed by atoms with van der Waals surface area (Å²) in [5, 5.41) is 14.8. The molecule has 1 aromatic heterocycles. The predicted octanol–water partition coefficient (Wildman–Crippen LogP) is 0.309. The molecule has 1 heterocycles. The molecule has 0 aromatic carbocycles. The molecule has 0 radical (unpaired) electrons. The molecule has 0 atom stereocenters. The van der Waals surface area contributed by atoms with Crippen molar-refractivity contribution in [3.05, 3.63) is 11.6 Å². The first-order valence-electron chi connectivity index (χ1n) is 2.78. The van der Waals surface area contributed by atoms with Crippen LogP contribution in [0.2, 0.25) is 0 Å². The molecule has 0 bridgehead atoms. The van der Waals surface area contributed by atoms with Gasteiger partial charge in [-0.1, -0.05) is 10.3 Å². The third-order valence-corrected chi connectivity index (χ3v) is 1.10. The van der Waals surface area contributed by atoms with Crippen LogP contribution in [0.3, 0.4) is 0 Å². The lowest BCUT2D eigenvalue weighted by Crippen LogP contribution is -1.99. The Kier molecular flexibility index (Phi) is 1.63. The fourth-order valence-corrected chi connectivity index (χ4v) is 0.617. The average Bonchev–Trinajstić information content (AvgIpc) is 2.30. The lowest BCUT2D eigenvalue weighted by Gasteiger charge is -1.90. The van der Waals surface area contributed by atoms with Crippen LogP contribution in [0.4, 0.5) is 4.39 Å². The summed E-state index contributed by atoms with van der Waals surface area (Å²) in [5.41, 5.74) is -0.109. The van der Waals surface area contributed by atoms with E-state index in [0.717, 1.165) is 0 Å². The molecule has 0 unspecified atom stereocenters. The minimum absolute atomic E-state index is 0.109. The van der Waals surface area contributed by atoms with Gasteiger partial charge >= 0.3 is 0 Å². The highest BCUT2D eigenvalue weighted by atomic mass is 19.1. The number of aryl methyl sites for hydroxylation is 1. The molecular weight excluding hydrogens is 135 g/mol. The fourth-order valence-electron chi connectivity index (χ4n) is 0.617. The van der Waals surface area contributed by atoms with Crippen molar-refractivity contribution in [2.75, 3.05) is 0 Å². The molecule has 1 aromatic rings. The Hall–Kier alpha value is -1.44. The molecule has 0 aliphatic heterocycles. The van der Waals surface area contributed by atoms with Gasteiger partial charge in [0.2, 0.25) is 0 Å². The first-order valence-corrected chi connectivity index (χ1v) is 2.78. The number of aromatic nitrogens is 3. The summed E-state index contributed by atoms with van der Waals surface area (Å²) >= 11 is 0. The Labute approximate surface area is 56.9 Å². The van der Waals surface area contributed by atoms with Crippen LogP contribution in [0.1, 0.15) is 12.6 Å². The number of hydrogen-bond acceptors (Lipinski definition) is 3. The molecule has 0 saturated carbocycles. The molecule has 1 rings (SSSR count). The van der Waals surface area contributed by atoms with Crippen molar-refractivity contribution in [3.63, 3.8) is 0 Å². The van der Waals surface area contributed by atoms with Crippen LogP contribution in [-0.4, -0.2) is 15.0 Å². The van der Waals surface area contributed by atoms with Crippen LogP contribution >= 0.6 is 0 Å². The van der Waals surface area contributed by atoms with Gasteiger partial charge in [-0.05, 0) is 6.92 Å². The molecule has 0 aliphatic rings. The lowest BCUT2D eigenvalue weighted by atomic mass is 10.5. The molecule has 5 heteroatoms. The second-order valence-electron chi connectivity index (χ2n) is 1.66. The zero-order chi connectivity index (χ0) is 7.56. The highest BCUT2D eigenvalue weighted by Crippen LogP contribution is 1.99. The molecule has 0 N–H and O–H groups in total. The summed E-state index contributed by atoms with van der Waals surface area (Å²) in [6, 6.07) is 1.66. The molecule has 0 spiro atoms. The van der Waals surface area contributed by atoms with Crippen molar-refractivity contribution < 1.29 is 4.39 Å². The zero-order valence-corrected chi connectivity index (χ0v) is 5.37. The fraction of sp³-hybridized carbons (Fsp3) is 0.400. The van der Waals surface area contributed by atoms with Crippen molar-refractivity contribution in [1.82, 2.24) is 15.0 Å². The van der Waals surface area contributed by atoms with Gasteiger partial charge in [-0.15, -0.1) is 0 Å². The molecule has 0 aliphatic carbocycles. The summed E-state index contributed by atoms with van der Waals surface area (Å²) in [5.74, 6) is -0.802. The standard InChI is InChI=1S/C5H5FN4/c1-2-10-4(3-7)5(6)8-9-10/h2H2,1H3. The highest BCUT2D eigenvalue weighted by molar-refractivity contribution is 5.16. The second kappa shape index (κ2) is 2.43. The van der Waals surface area contributed by atoms with E-state index in [0.29, 0.717) is 6.54 Å². The number of halogens is 1. The van der Waals surface area contributed by atoms with Gasteiger partial charge in [0.05, 0.1) is 0 Å². The van der Waals surface area contributed by atoms with Crippen molar-refractivity contribution in [1.29, 1.82) is 5.26 Å². The number of hydrogen-bond donors (Lipinski definition) is 0. The smallest absolute Gasteiger partial charge is 0.232 e. The highest BCUT2D eigenvalue weighted by Gasteiger charge is 2.08. The lowest BCUT2D eigenvalue weighted by molar-refractivity contribution is 0.575. The molecule has 10 heavy (non-hydrogen) atoms. The minimum atomic E-state index is -0.802. The Morgan fingerprint density at radius 1 is 1.80 bits per heavy atom. The molecule has 52 valence electrons.